The summed E-state index contributed by atoms with van der Waals surface area (Å²) < 4.78 is 0. The van der Waals surface area contributed by atoms with Gasteiger partial charge in [-0.3, -0.25) is 14.9 Å². The number of nitro benzene ring substituents is 1. The van der Waals surface area contributed by atoms with Gasteiger partial charge >= 0.3 is 0 Å². The first-order valence-corrected chi connectivity index (χ1v) is 7.09. The van der Waals surface area contributed by atoms with Crippen molar-refractivity contribution in [2.45, 2.75) is 25.3 Å². The van der Waals surface area contributed by atoms with E-state index in [9.17, 15) is 14.9 Å². The quantitative estimate of drug-likeness (QED) is 0.475. The normalized spacial score (nSPS) is 18.0. The highest BCUT2D eigenvalue weighted by Crippen LogP contribution is 2.18. The Hall–Kier alpha value is -2.21. The zero-order valence-electron chi connectivity index (χ0n) is 11.7. The van der Waals surface area contributed by atoms with Crippen LogP contribution < -0.4 is 10.6 Å². The van der Waals surface area contributed by atoms with Crippen molar-refractivity contribution < 1.29 is 9.72 Å². The minimum atomic E-state index is -0.455. The Morgan fingerprint density at radius 3 is 3.00 bits per heavy atom. The maximum atomic E-state index is 11.7. The van der Waals surface area contributed by atoms with E-state index in [1.54, 1.807) is 18.2 Å². The number of amides is 1. The fraction of sp³-hybridized carbons (Fsp3) is 0.400. The van der Waals surface area contributed by atoms with E-state index in [0.29, 0.717) is 18.2 Å². The van der Waals surface area contributed by atoms with Crippen LogP contribution >= 0.6 is 0 Å². The number of nitrogens with one attached hydrogen (secondary N) is 2. The summed E-state index contributed by atoms with van der Waals surface area (Å²) in [7, 11) is 0. The Bertz CT molecular complexity index is 537. The lowest BCUT2D eigenvalue weighted by atomic mass is 10.1. The molecule has 0 aromatic heterocycles. The number of nitrogens with zero attached hydrogens (tertiary/aromatic N) is 1. The number of carbonyl (C=O) groups excluding carboxylic acids is 1. The molecule has 1 amide bonds. The standard InChI is InChI=1S/C15H19N3O3/c19-15(17-11-9-13-5-3-10-16-13)8-7-12-4-1-2-6-14(12)18(20)21/h1-2,4,6-8,13,16H,3,5,9-11H2,(H,17,19)/b8-7+/t13-/m0/s1. The molecule has 0 unspecified atom stereocenters. The van der Waals surface area contributed by atoms with Crippen LogP contribution in [0.1, 0.15) is 24.8 Å². The molecule has 1 heterocycles. The van der Waals surface area contributed by atoms with Crippen LogP contribution in [0.2, 0.25) is 0 Å². The van der Waals surface area contributed by atoms with E-state index in [-0.39, 0.29) is 11.6 Å². The van der Waals surface area contributed by atoms with Gasteiger partial charge in [0.05, 0.1) is 10.5 Å². The molecule has 6 nitrogen and oxygen atoms in total. The van der Waals surface area contributed by atoms with Crippen LogP contribution in [0.3, 0.4) is 0 Å². The summed E-state index contributed by atoms with van der Waals surface area (Å²) in [6.45, 7) is 1.66. The Labute approximate surface area is 123 Å². The smallest absolute Gasteiger partial charge is 0.276 e. The Morgan fingerprint density at radius 2 is 2.29 bits per heavy atom. The predicted octanol–water partition coefficient (Wildman–Crippen LogP) is 1.87. The summed E-state index contributed by atoms with van der Waals surface area (Å²) in [6.07, 6.45) is 6.06. The molecule has 1 atom stereocenters. The summed E-state index contributed by atoms with van der Waals surface area (Å²) >= 11 is 0. The monoisotopic (exact) mass is 289 g/mol. The summed E-state index contributed by atoms with van der Waals surface area (Å²) in [5.41, 5.74) is 0.423. The van der Waals surface area contributed by atoms with Gasteiger partial charge in [0, 0.05) is 24.7 Å². The van der Waals surface area contributed by atoms with Crippen molar-refractivity contribution >= 4 is 17.7 Å². The number of benzene rings is 1. The third-order valence-electron chi connectivity index (χ3n) is 3.50. The number of rotatable bonds is 6. The molecule has 0 bridgehead atoms. The Balaban J connectivity index is 1.82. The van der Waals surface area contributed by atoms with Crippen molar-refractivity contribution in [3.63, 3.8) is 0 Å². The fourth-order valence-corrected chi connectivity index (χ4v) is 2.39. The minimum absolute atomic E-state index is 0.00305. The third-order valence-corrected chi connectivity index (χ3v) is 3.50. The van der Waals surface area contributed by atoms with Crippen LogP contribution in [0.5, 0.6) is 0 Å². The van der Waals surface area contributed by atoms with Crippen molar-refractivity contribution in [2.75, 3.05) is 13.1 Å². The van der Waals surface area contributed by atoms with Crippen LogP contribution in [0.15, 0.2) is 30.3 Å². The largest absolute Gasteiger partial charge is 0.352 e. The molecule has 1 aliphatic heterocycles. The van der Waals surface area contributed by atoms with Crippen molar-refractivity contribution in [1.29, 1.82) is 0 Å². The molecular formula is C15H19N3O3. The van der Waals surface area contributed by atoms with Gasteiger partial charge in [0.15, 0.2) is 0 Å². The summed E-state index contributed by atoms with van der Waals surface area (Å²) in [5.74, 6) is -0.230. The number of hydrogen-bond donors (Lipinski definition) is 2. The number of hydrogen-bond acceptors (Lipinski definition) is 4. The lowest BCUT2D eigenvalue weighted by Crippen LogP contribution is -2.29. The van der Waals surface area contributed by atoms with E-state index in [2.05, 4.69) is 10.6 Å². The van der Waals surface area contributed by atoms with E-state index >= 15 is 0 Å². The van der Waals surface area contributed by atoms with E-state index in [1.165, 1.54) is 24.6 Å². The first kappa shape index (κ1) is 15.2. The van der Waals surface area contributed by atoms with E-state index in [0.717, 1.165) is 19.4 Å². The maximum Gasteiger partial charge on any atom is 0.276 e. The summed E-state index contributed by atoms with van der Waals surface area (Å²) in [6, 6.07) is 6.83. The molecule has 0 spiro atoms. The molecule has 2 N–H and O–H groups in total. The number of para-hydroxylation sites is 1. The molecule has 0 radical (unpaired) electrons. The number of nitro groups is 1. The maximum absolute atomic E-state index is 11.7. The molecule has 2 rings (SSSR count). The lowest BCUT2D eigenvalue weighted by molar-refractivity contribution is -0.385. The topological polar surface area (TPSA) is 84.3 Å². The highest BCUT2D eigenvalue weighted by atomic mass is 16.6. The van der Waals surface area contributed by atoms with Gasteiger partial charge in [-0.15, -0.1) is 0 Å². The minimum Gasteiger partial charge on any atom is -0.352 e. The molecular weight excluding hydrogens is 270 g/mol. The average Bonchev–Trinajstić information content (AvgIpc) is 2.98. The Kier molecular flexibility index (Phi) is 5.45. The first-order valence-electron chi connectivity index (χ1n) is 7.09. The highest BCUT2D eigenvalue weighted by molar-refractivity contribution is 5.92. The summed E-state index contributed by atoms with van der Waals surface area (Å²) in [4.78, 5) is 22.1. The van der Waals surface area contributed by atoms with Gasteiger partial charge in [-0.1, -0.05) is 12.1 Å². The second-order valence-corrected chi connectivity index (χ2v) is 5.02. The molecule has 6 heteroatoms. The highest BCUT2D eigenvalue weighted by Gasteiger charge is 2.13. The molecule has 1 fully saturated rings. The van der Waals surface area contributed by atoms with Gasteiger partial charge in [-0.05, 0) is 37.9 Å². The van der Waals surface area contributed by atoms with Crippen molar-refractivity contribution in [3.05, 3.63) is 46.0 Å². The van der Waals surface area contributed by atoms with Crippen LogP contribution in [0, 0.1) is 10.1 Å². The fourth-order valence-electron chi connectivity index (χ4n) is 2.39. The molecule has 21 heavy (non-hydrogen) atoms. The zero-order valence-corrected chi connectivity index (χ0v) is 11.7. The Morgan fingerprint density at radius 1 is 1.48 bits per heavy atom. The molecule has 112 valence electrons. The molecule has 0 aliphatic carbocycles. The predicted molar refractivity (Wildman–Crippen MR) is 80.8 cm³/mol. The second kappa shape index (κ2) is 7.54. The van der Waals surface area contributed by atoms with Gasteiger partial charge in [0.2, 0.25) is 5.91 Å². The van der Waals surface area contributed by atoms with Crippen LogP contribution in [-0.4, -0.2) is 30.0 Å². The molecule has 1 saturated heterocycles. The van der Waals surface area contributed by atoms with E-state index in [1.807, 2.05) is 0 Å². The van der Waals surface area contributed by atoms with Crippen molar-refractivity contribution in [3.8, 4) is 0 Å². The van der Waals surface area contributed by atoms with Crippen LogP contribution in [0.25, 0.3) is 6.08 Å². The van der Waals surface area contributed by atoms with E-state index < -0.39 is 4.92 Å². The van der Waals surface area contributed by atoms with Gasteiger partial charge in [0.25, 0.3) is 5.69 Å². The van der Waals surface area contributed by atoms with Crippen molar-refractivity contribution in [2.24, 2.45) is 0 Å². The zero-order chi connectivity index (χ0) is 15.1. The van der Waals surface area contributed by atoms with Crippen LogP contribution in [0.4, 0.5) is 5.69 Å². The lowest BCUT2D eigenvalue weighted by Gasteiger charge is -2.09. The molecule has 0 saturated carbocycles. The second-order valence-electron chi connectivity index (χ2n) is 5.02. The summed E-state index contributed by atoms with van der Waals surface area (Å²) in [5, 5.41) is 17.0. The molecule has 1 aromatic rings. The third kappa shape index (κ3) is 4.68. The SMILES string of the molecule is O=C(/C=C/c1ccccc1[N+](=O)[O-])NCC[C@@H]1CCCN1. The average molecular weight is 289 g/mol. The van der Waals surface area contributed by atoms with Gasteiger partial charge in [-0.2, -0.15) is 0 Å². The van der Waals surface area contributed by atoms with E-state index in [4.69, 9.17) is 0 Å². The first-order chi connectivity index (χ1) is 10.2. The molecule has 1 aromatic carbocycles. The van der Waals surface area contributed by atoms with Gasteiger partial charge in [-0.25, -0.2) is 0 Å². The van der Waals surface area contributed by atoms with Crippen molar-refractivity contribution in [1.82, 2.24) is 10.6 Å². The molecule has 1 aliphatic rings. The number of carbonyl (C=O) groups is 1. The van der Waals surface area contributed by atoms with Gasteiger partial charge in [0.1, 0.15) is 0 Å². The van der Waals surface area contributed by atoms with Crippen LogP contribution in [-0.2, 0) is 4.79 Å². The van der Waals surface area contributed by atoms with Gasteiger partial charge < -0.3 is 10.6 Å².